The van der Waals surface area contributed by atoms with Crippen LogP contribution in [0.25, 0.3) is 5.57 Å². The van der Waals surface area contributed by atoms with Crippen molar-refractivity contribution in [1.29, 1.82) is 0 Å². The molecule has 4 nitrogen and oxygen atoms in total. The first-order valence-corrected chi connectivity index (χ1v) is 7.24. The van der Waals surface area contributed by atoms with Crippen molar-refractivity contribution in [1.82, 2.24) is 10.3 Å². The molecule has 0 fully saturated rings. The number of nitrogens with zero attached hydrogens (tertiary/aromatic N) is 1. The first kappa shape index (κ1) is 18.6. The van der Waals surface area contributed by atoms with Crippen LogP contribution in [0.4, 0.5) is 9.18 Å². The molecule has 1 N–H and O–H groups in total. The Morgan fingerprint density at radius 2 is 1.96 bits per heavy atom. The van der Waals surface area contributed by atoms with Gasteiger partial charge in [-0.15, -0.1) is 0 Å². The van der Waals surface area contributed by atoms with E-state index in [1.807, 2.05) is 19.9 Å². The maximum absolute atomic E-state index is 13.0. The average Bonchev–Trinajstić information content (AvgIpc) is 2.35. The third kappa shape index (κ3) is 7.40. The van der Waals surface area contributed by atoms with Crippen LogP contribution in [0.2, 0.25) is 0 Å². The molecule has 0 aliphatic rings. The predicted octanol–water partition coefficient (Wildman–Crippen LogP) is 4.61. The van der Waals surface area contributed by atoms with E-state index in [9.17, 15) is 9.18 Å². The summed E-state index contributed by atoms with van der Waals surface area (Å²) in [6, 6.07) is 2.90. The third-order valence-electron chi connectivity index (χ3n) is 2.50. The van der Waals surface area contributed by atoms with Crippen LogP contribution < -0.4 is 5.32 Å². The molecular formula is C18H23FN2O2. The van der Waals surface area contributed by atoms with Crippen molar-refractivity contribution in [2.75, 3.05) is 0 Å². The Hall–Kier alpha value is -2.43. The number of pyridine rings is 1. The summed E-state index contributed by atoms with van der Waals surface area (Å²) in [6.45, 7) is 13.0. The molecule has 0 atom stereocenters. The van der Waals surface area contributed by atoms with Gasteiger partial charge in [0.1, 0.15) is 5.60 Å². The van der Waals surface area contributed by atoms with E-state index in [1.54, 1.807) is 32.9 Å². The number of nitrogens with one attached hydrogen (secondary N) is 1. The average molecular weight is 318 g/mol. The topological polar surface area (TPSA) is 51.2 Å². The number of amides is 1. The lowest BCUT2D eigenvalue weighted by atomic mass is 10.0. The van der Waals surface area contributed by atoms with Gasteiger partial charge in [0.05, 0.1) is 0 Å². The van der Waals surface area contributed by atoms with Crippen LogP contribution in [0.3, 0.4) is 0 Å². The molecule has 0 saturated heterocycles. The smallest absolute Gasteiger partial charge is 0.412 e. The fourth-order valence-corrected chi connectivity index (χ4v) is 1.72. The number of rotatable bonds is 4. The Morgan fingerprint density at radius 3 is 2.43 bits per heavy atom. The number of hydrogen-bond donors (Lipinski definition) is 1. The second kappa shape index (κ2) is 7.72. The molecule has 0 spiro atoms. The maximum atomic E-state index is 13.0. The first-order chi connectivity index (χ1) is 10.6. The minimum absolute atomic E-state index is 0.371. The van der Waals surface area contributed by atoms with E-state index in [0.29, 0.717) is 5.70 Å². The van der Waals surface area contributed by atoms with E-state index in [4.69, 9.17) is 4.74 Å². The van der Waals surface area contributed by atoms with Crippen LogP contribution >= 0.6 is 0 Å². The number of hydrogen-bond acceptors (Lipinski definition) is 3. The lowest BCUT2D eigenvalue weighted by Crippen LogP contribution is -2.31. The van der Waals surface area contributed by atoms with Crippen molar-refractivity contribution in [2.24, 2.45) is 0 Å². The molecule has 0 aromatic carbocycles. The lowest BCUT2D eigenvalue weighted by molar-refractivity contribution is 0.0548. The van der Waals surface area contributed by atoms with Gasteiger partial charge in [-0.1, -0.05) is 18.2 Å². The molecule has 0 unspecified atom stereocenters. The van der Waals surface area contributed by atoms with Gasteiger partial charge in [0.15, 0.2) is 0 Å². The molecule has 124 valence electrons. The van der Waals surface area contributed by atoms with E-state index in [-0.39, 0.29) is 0 Å². The first-order valence-electron chi connectivity index (χ1n) is 7.24. The zero-order chi connectivity index (χ0) is 17.6. The zero-order valence-electron chi connectivity index (χ0n) is 14.2. The number of halogens is 1. The summed E-state index contributed by atoms with van der Waals surface area (Å²) in [4.78, 5) is 15.4. The van der Waals surface area contributed by atoms with E-state index < -0.39 is 17.6 Å². The van der Waals surface area contributed by atoms with Crippen LogP contribution in [0.15, 0.2) is 48.3 Å². The number of aromatic nitrogens is 1. The quantitative estimate of drug-likeness (QED) is 0.651. The van der Waals surface area contributed by atoms with Crippen LogP contribution in [-0.4, -0.2) is 16.7 Å². The SMILES string of the molecule is C=C(/C=C(\C=C(C)C)c1ccc(F)nc1)NC(=O)OC(C)(C)C. The van der Waals surface area contributed by atoms with Gasteiger partial charge in [-0.05, 0) is 58.4 Å². The summed E-state index contributed by atoms with van der Waals surface area (Å²) in [5.41, 5.74) is 2.32. The monoisotopic (exact) mass is 318 g/mol. The van der Waals surface area contributed by atoms with Gasteiger partial charge in [0.25, 0.3) is 0 Å². The van der Waals surface area contributed by atoms with E-state index in [2.05, 4.69) is 16.9 Å². The highest BCUT2D eigenvalue weighted by Gasteiger charge is 2.16. The molecule has 0 radical (unpaired) electrons. The Balaban J connectivity index is 2.96. The van der Waals surface area contributed by atoms with Gasteiger partial charge >= 0.3 is 6.09 Å². The fraction of sp³-hybridized carbons (Fsp3) is 0.333. The van der Waals surface area contributed by atoms with Crippen LogP contribution in [0.1, 0.15) is 40.2 Å². The van der Waals surface area contributed by atoms with Crippen molar-refractivity contribution in [3.8, 4) is 0 Å². The molecule has 0 aliphatic heterocycles. The van der Waals surface area contributed by atoms with Crippen LogP contribution in [-0.2, 0) is 4.74 Å². The largest absolute Gasteiger partial charge is 0.444 e. The normalized spacial score (nSPS) is 11.7. The molecule has 1 heterocycles. The van der Waals surface area contributed by atoms with Crippen molar-refractivity contribution >= 4 is 11.7 Å². The number of carbonyl (C=O) groups is 1. The number of carbonyl (C=O) groups excluding carboxylic acids is 1. The van der Waals surface area contributed by atoms with Gasteiger partial charge in [-0.3, -0.25) is 5.32 Å². The minimum atomic E-state index is -0.586. The second-order valence-corrected chi connectivity index (χ2v) is 6.34. The van der Waals surface area contributed by atoms with Gasteiger partial charge in [0.2, 0.25) is 5.95 Å². The fourth-order valence-electron chi connectivity index (χ4n) is 1.72. The number of allylic oxidation sites excluding steroid dienone is 4. The van der Waals surface area contributed by atoms with Crippen molar-refractivity contribution in [2.45, 2.75) is 40.2 Å². The number of alkyl carbamates (subject to hydrolysis) is 1. The Labute approximate surface area is 136 Å². The highest BCUT2D eigenvalue weighted by Crippen LogP contribution is 2.18. The molecule has 0 aliphatic carbocycles. The summed E-state index contributed by atoms with van der Waals surface area (Å²) in [5.74, 6) is -0.545. The molecule has 1 aromatic rings. The Morgan fingerprint density at radius 1 is 1.30 bits per heavy atom. The highest BCUT2D eigenvalue weighted by molar-refractivity contribution is 5.78. The van der Waals surface area contributed by atoms with Gasteiger partial charge in [-0.25, -0.2) is 9.78 Å². The van der Waals surface area contributed by atoms with Crippen LogP contribution in [0.5, 0.6) is 0 Å². The Kier molecular flexibility index (Phi) is 6.25. The van der Waals surface area contributed by atoms with Gasteiger partial charge in [-0.2, -0.15) is 4.39 Å². The molecule has 1 rings (SSSR count). The van der Waals surface area contributed by atoms with Crippen molar-refractivity contribution < 1.29 is 13.9 Å². The van der Waals surface area contributed by atoms with E-state index in [0.717, 1.165) is 16.7 Å². The van der Waals surface area contributed by atoms with Crippen molar-refractivity contribution in [3.05, 3.63) is 59.8 Å². The van der Waals surface area contributed by atoms with E-state index in [1.165, 1.54) is 12.3 Å². The second-order valence-electron chi connectivity index (χ2n) is 6.34. The molecule has 0 saturated carbocycles. The summed E-state index contributed by atoms with van der Waals surface area (Å²) >= 11 is 0. The zero-order valence-corrected chi connectivity index (χ0v) is 14.2. The third-order valence-corrected chi connectivity index (χ3v) is 2.50. The summed E-state index contributed by atoms with van der Waals surface area (Å²) in [7, 11) is 0. The molecular weight excluding hydrogens is 295 g/mol. The van der Waals surface area contributed by atoms with Crippen molar-refractivity contribution in [3.63, 3.8) is 0 Å². The van der Waals surface area contributed by atoms with Gasteiger partial charge < -0.3 is 4.74 Å². The predicted molar refractivity (Wildman–Crippen MR) is 90.1 cm³/mol. The highest BCUT2D eigenvalue weighted by atomic mass is 19.1. The molecule has 1 amide bonds. The summed E-state index contributed by atoms with van der Waals surface area (Å²) in [5, 5.41) is 2.57. The number of ether oxygens (including phenoxy) is 1. The van der Waals surface area contributed by atoms with Gasteiger partial charge in [0, 0.05) is 17.5 Å². The minimum Gasteiger partial charge on any atom is -0.444 e. The maximum Gasteiger partial charge on any atom is 0.412 e. The molecule has 1 aromatic heterocycles. The molecule has 0 bridgehead atoms. The molecule has 5 heteroatoms. The standard InChI is InChI=1S/C18H23FN2O2/c1-12(2)9-15(14-7-8-16(19)20-11-14)10-13(3)21-17(22)23-18(4,5)6/h7-11H,3H2,1-2,4-6H3,(H,21,22)/b15-10+. The van der Waals surface area contributed by atoms with Crippen LogP contribution in [0, 0.1) is 5.95 Å². The summed E-state index contributed by atoms with van der Waals surface area (Å²) < 4.78 is 18.1. The van der Waals surface area contributed by atoms with E-state index >= 15 is 0 Å². The lowest BCUT2D eigenvalue weighted by Gasteiger charge is -2.19. The summed E-state index contributed by atoms with van der Waals surface area (Å²) in [6.07, 6.45) is 4.44. The Bertz CT molecular complexity index is 634. The molecule has 23 heavy (non-hydrogen) atoms.